The molecule has 0 radical (unpaired) electrons. The molecule has 64 valence electrons. The van der Waals surface area contributed by atoms with Crippen LogP contribution in [0.3, 0.4) is 0 Å². The van der Waals surface area contributed by atoms with Crippen LogP contribution in [0.5, 0.6) is 0 Å². The fourth-order valence-corrected chi connectivity index (χ4v) is 0.846. The molecule has 0 aromatic heterocycles. The van der Waals surface area contributed by atoms with Crippen molar-refractivity contribution in [2.24, 2.45) is 16.6 Å². The summed E-state index contributed by atoms with van der Waals surface area (Å²) in [5.41, 5.74) is 4.81. The number of carbonyl (C=O) groups is 2. The number of amides is 2. The molecular weight excluding hydrogens is 160 g/mol. The second kappa shape index (κ2) is 2.77. The summed E-state index contributed by atoms with van der Waals surface area (Å²) in [7, 11) is 0. The Hall–Kier alpha value is -1.65. The van der Waals surface area contributed by atoms with Crippen molar-refractivity contribution in [1.82, 2.24) is 0 Å². The van der Waals surface area contributed by atoms with E-state index in [2.05, 4.69) is 4.99 Å². The lowest BCUT2D eigenvalue weighted by Gasteiger charge is -2.12. The summed E-state index contributed by atoms with van der Waals surface area (Å²) < 4.78 is 0. The molecule has 3 N–H and O–H groups in total. The molecule has 2 amide bonds. The third kappa shape index (κ3) is 1.20. The third-order valence-corrected chi connectivity index (χ3v) is 1.64. The Bertz CT molecular complexity index is 304. The molecule has 1 rings (SSSR count). The van der Waals surface area contributed by atoms with E-state index < -0.39 is 17.7 Å². The number of dihydropyridines is 1. The molecule has 0 aromatic rings. The number of aliphatic hydroxyl groups is 1. The van der Waals surface area contributed by atoms with Crippen molar-refractivity contribution >= 4 is 18.0 Å². The Labute approximate surface area is 68.6 Å². The van der Waals surface area contributed by atoms with Crippen LogP contribution in [0.2, 0.25) is 0 Å². The van der Waals surface area contributed by atoms with E-state index in [-0.39, 0.29) is 11.3 Å². The number of hydrogen-bond acceptors (Lipinski definition) is 3. The van der Waals surface area contributed by atoms with Gasteiger partial charge in [0.2, 0.25) is 0 Å². The van der Waals surface area contributed by atoms with Crippen LogP contribution in [-0.2, 0) is 9.59 Å². The second-order valence-corrected chi connectivity index (χ2v) is 2.48. The summed E-state index contributed by atoms with van der Waals surface area (Å²) in [6, 6.07) is 0. The Kier molecular flexibility index (Phi) is 1.95. The van der Waals surface area contributed by atoms with E-state index >= 15 is 0 Å². The van der Waals surface area contributed by atoms with Gasteiger partial charge in [-0.05, 0) is 6.92 Å². The van der Waals surface area contributed by atoms with Gasteiger partial charge in [0, 0.05) is 6.21 Å². The highest BCUT2D eigenvalue weighted by Gasteiger charge is 2.25. The van der Waals surface area contributed by atoms with Crippen LogP contribution in [0.1, 0.15) is 6.92 Å². The maximum Gasteiger partial charge on any atom is 0.256 e. The van der Waals surface area contributed by atoms with Crippen LogP contribution in [0.15, 0.2) is 16.3 Å². The van der Waals surface area contributed by atoms with Gasteiger partial charge in [-0.2, -0.15) is 0 Å². The van der Waals surface area contributed by atoms with E-state index in [0.29, 0.717) is 0 Å². The molecule has 0 bridgehead atoms. The van der Waals surface area contributed by atoms with Crippen LogP contribution in [0.4, 0.5) is 0 Å². The highest BCUT2D eigenvalue weighted by molar-refractivity contribution is 6.16. The van der Waals surface area contributed by atoms with Crippen molar-refractivity contribution < 1.29 is 14.7 Å². The quantitative estimate of drug-likeness (QED) is 0.554. The molecular formula is C7H8N2O3. The second-order valence-electron chi connectivity index (χ2n) is 2.48. The van der Waals surface area contributed by atoms with Gasteiger partial charge in [0.25, 0.3) is 11.8 Å². The monoisotopic (exact) mass is 168 g/mol. The molecule has 0 aromatic carbocycles. The van der Waals surface area contributed by atoms with Crippen molar-refractivity contribution in [3.05, 3.63) is 11.3 Å². The zero-order valence-electron chi connectivity index (χ0n) is 6.44. The van der Waals surface area contributed by atoms with Crippen LogP contribution in [0, 0.1) is 5.92 Å². The molecule has 1 heterocycles. The van der Waals surface area contributed by atoms with Crippen molar-refractivity contribution in [3.63, 3.8) is 0 Å². The normalized spacial score (nSPS) is 23.1. The first-order valence-electron chi connectivity index (χ1n) is 3.35. The summed E-state index contributed by atoms with van der Waals surface area (Å²) in [5.74, 6) is -2.33. The Balaban J connectivity index is 3.10. The highest BCUT2D eigenvalue weighted by atomic mass is 16.3. The van der Waals surface area contributed by atoms with E-state index in [1.54, 1.807) is 0 Å². The van der Waals surface area contributed by atoms with Gasteiger partial charge in [-0.3, -0.25) is 9.59 Å². The average Bonchev–Trinajstić information content (AvgIpc) is 2.00. The van der Waals surface area contributed by atoms with Gasteiger partial charge in [-0.25, -0.2) is 4.99 Å². The fourth-order valence-electron chi connectivity index (χ4n) is 0.846. The third-order valence-electron chi connectivity index (χ3n) is 1.64. The van der Waals surface area contributed by atoms with E-state index in [1.165, 1.54) is 6.92 Å². The van der Waals surface area contributed by atoms with Gasteiger partial charge < -0.3 is 10.8 Å². The molecule has 5 nitrogen and oxygen atoms in total. The maximum absolute atomic E-state index is 10.8. The Morgan fingerprint density at radius 2 is 2.33 bits per heavy atom. The number of carbonyl (C=O) groups excluding carboxylic acids is 2. The molecule has 0 aliphatic carbocycles. The molecule has 5 heteroatoms. The summed E-state index contributed by atoms with van der Waals surface area (Å²) in [5, 5.41) is 9.25. The summed E-state index contributed by atoms with van der Waals surface area (Å²) >= 11 is 0. The minimum atomic E-state index is -0.782. The number of nitrogens with zero attached hydrogens (tertiary/aromatic N) is 1. The van der Waals surface area contributed by atoms with Crippen molar-refractivity contribution in [2.75, 3.05) is 0 Å². The van der Waals surface area contributed by atoms with Crippen molar-refractivity contribution in [2.45, 2.75) is 6.92 Å². The lowest BCUT2D eigenvalue weighted by molar-refractivity contribution is -0.120. The van der Waals surface area contributed by atoms with Gasteiger partial charge in [-0.1, -0.05) is 0 Å². The zero-order valence-corrected chi connectivity index (χ0v) is 6.44. The van der Waals surface area contributed by atoms with E-state index in [1.807, 2.05) is 0 Å². The SMILES string of the molecule is CC1C(=O)N=CC(C(N)=O)=C1O. The average molecular weight is 168 g/mol. The summed E-state index contributed by atoms with van der Waals surface area (Å²) in [6.07, 6.45) is 0.986. The van der Waals surface area contributed by atoms with Crippen molar-refractivity contribution in [3.8, 4) is 0 Å². The summed E-state index contributed by atoms with van der Waals surface area (Å²) in [6.45, 7) is 1.46. The highest BCUT2D eigenvalue weighted by Crippen LogP contribution is 2.16. The first kappa shape index (κ1) is 8.45. The lowest BCUT2D eigenvalue weighted by Crippen LogP contribution is -2.25. The smallest absolute Gasteiger partial charge is 0.256 e. The molecule has 1 unspecified atom stereocenters. The van der Waals surface area contributed by atoms with E-state index in [4.69, 9.17) is 5.73 Å². The number of primary amides is 1. The molecule has 1 aliphatic rings. The number of rotatable bonds is 1. The number of aliphatic hydroxyl groups excluding tert-OH is 1. The fraction of sp³-hybridized carbons (Fsp3) is 0.286. The first-order valence-corrected chi connectivity index (χ1v) is 3.35. The van der Waals surface area contributed by atoms with Crippen LogP contribution in [-0.4, -0.2) is 23.1 Å². The number of aliphatic imine (C=N–C) groups is 1. The largest absolute Gasteiger partial charge is 0.511 e. The summed E-state index contributed by atoms with van der Waals surface area (Å²) in [4.78, 5) is 24.8. The Morgan fingerprint density at radius 1 is 1.75 bits per heavy atom. The molecule has 0 spiro atoms. The maximum atomic E-state index is 10.8. The van der Waals surface area contributed by atoms with Gasteiger partial charge in [0.05, 0.1) is 11.5 Å². The predicted molar refractivity (Wildman–Crippen MR) is 41.5 cm³/mol. The van der Waals surface area contributed by atoms with Gasteiger partial charge in [-0.15, -0.1) is 0 Å². The van der Waals surface area contributed by atoms with Crippen LogP contribution in [0.25, 0.3) is 0 Å². The zero-order chi connectivity index (χ0) is 9.30. The Morgan fingerprint density at radius 3 is 2.83 bits per heavy atom. The predicted octanol–water partition coefficient (Wildman–Crippen LogP) is -0.469. The molecule has 0 fully saturated rings. The standard InChI is InChI=1S/C7H8N2O3/c1-3-5(10)4(6(8)11)2-9-7(3)12/h2-3,10H,1H3,(H2,8,11). The topological polar surface area (TPSA) is 92.8 Å². The minimum absolute atomic E-state index is 0.0953. The molecule has 0 saturated heterocycles. The van der Waals surface area contributed by atoms with Gasteiger partial charge >= 0.3 is 0 Å². The van der Waals surface area contributed by atoms with Crippen molar-refractivity contribution in [1.29, 1.82) is 0 Å². The van der Waals surface area contributed by atoms with E-state index in [9.17, 15) is 14.7 Å². The molecule has 0 saturated carbocycles. The molecule has 12 heavy (non-hydrogen) atoms. The number of hydrogen-bond donors (Lipinski definition) is 2. The first-order chi connectivity index (χ1) is 5.54. The number of nitrogens with two attached hydrogens (primary N) is 1. The molecule has 1 atom stereocenters. The lowest BCUT2D eigenvalue weighted by atomic mass is 10.0. The van der Waals surface area contributed by atoms with Gasteiger partial charge in [0.1, 0.15) is 5.76 Å². The molecule has 1 aliphatic heterocycles. The van der Waals surface area contributed by atoms with E-state index in [0.717, 1.165) is 6.21 Å². The van der Waals surface area contributed by atoms with Gasteiger partial charge in [0.15, 0.2) is 0 Å². The van der Waals surface area contributed by atoms with Crippen LogP contribution < -0.4 is 5.73 Å². The minimum Gasteiger partial charge on any atom is -0.511 e. The van der Waals surface area contributed by atoms with Crippen LogP contribution >= 0.6 is 0 Å².